The van der Waals surface area contributed by atoms with Gasteiger partial charge in [-0.3, -0.25) is 9.36 Å². The second-order valence-electron chi connectivity index (χ2n) is 8.00. The number of methoxy groups -OCH3 is 1. The molecule has 1 aromatic heterocycles. The molecule has 0 aliphatic carbocycles. The van der Waals surface area contributed by atoms with Crippen LogP contribution in [0.1, 0.15) is 27.3 Å². The lowest BCUT2D eigenvalue weighted by atomic mass is 10.1. The molecule has 10 heteroatoms. The summed E-state index contributed by atoms with van der Waals surface area (Å²) >= 11 is 1.49. The molecule has 1 aliphatic heterocycles. The number of fused-ring (bicyclic) bond motifs is 1. The number of benzene rings is 3. The maximum Gasteiger partial charge on any atom is 0.251 e. The van der Waals surface area contributed by atoms with Gasteiger partial charge in [0.15, 0.2) is 22.5 Å². The highest BCUT2D eigenvalue weighted by Gasteiger charge is 2.16. The zero-order valence-corrected chi connectivity index (χ0v) is 20.3. The van der Waals surface area contributed by atoms with E-state index in [1.165, 1.54) is 23.9 Å². The van der Waals surface area contributed by atoms with Gasteiger partial charge in [-0.2, -0.15) is 0 Å². The number of halogens is 1. The standard InChI is InChI=1S/C26H23FN4O4S/c1-33-14-24-29-30-26(31(24)21-9-7-20(27)8-10-21)36-15-17-2-5-19(6-3-17)25(32)28-13-18-4-11-22-23(12-18)35-16-34-22/h2-12H,13-16H2,1H3,(H,28,32). The summed E-state index contributed by atoms with van der Waals surface area (Å²) in [7, 11) is 1.59. The number of aromatic nitrogens is 3. The summed E-state index contributed by atoms with van der Waals surface area (Å²) in [6.45, 7) is 0.881. The van der Waals surface area contributed by atoms with Gasteiger partial charge in [0.1, 0.15) is 12.4 Å². The van der Waals surface area contributed by atoms with E-state index < -0.39 is 0 Å². The fourth-order valence-electron chi connectivity index (χ4n) is 3.70. The fraction of sp³-hybridized carbons (Fsp3) is 0.192. The molecule has 3 aromatic carbocycles. The molecule has 1 N–H and O–H groups in total. The second-order valence-corrected chi connectivity index (χ2v) is 8.94. The van der Waals surface area contributed by atoms with E-state index in [1.54, 1.807) is 31.4 Å². The van der Waals surface area contributed by atoms with Crippen LogP contribution in [0.25, 0.3) is 5.69 Å². The average molecular weight is 507 g/mol. The third kappa shape index (κ3) is 5.34. The lowest BCUT2D eigenvalue weighted by Crippen LogP contribution is -2.22. The van der Waals surface area contributed by atoms with Gasteiger partial charge in [-0.15, -0.1) is 10.2 Å². The molecule has 0 fully saturated rings. The lowest BCUT2D eigenvalue weighted by Gasteiger charge is -2.10. The first kappa shape index (κ1) is 23.8. The van der Waals surface area contributed by atoms with Crippen molar-refractivity contribution in [3.63, 3.8) is 0 Å². The quantitative estimate of drug-likeness (QED) is 0.335. The largest absolute Gasteiger partial charge is 0.454 e. The van der Waals surface area contributed by atoms with E-state index in [0.717, 1.165) is 16.8 Å². The Balaban J connectivity index is 1.21. The molecule has 0 unspecified atom stereocenters. The Hall–Kier alpha value is -3.89. The first-order valence-electron chi connectivity index (χ1n) is 11.2. The minimum Gasteiger partial charge on any atom is -0.454 e. The number of carbonyl (C=O) groups is 1. The van der Waals surface area contributed by atoms with Gasteiger partial charge in [0, 0.05) is 30.7 Å². The molecule has 0 bridgehead atoms. The van der Waals surface area contributed by atoms with E-state index >= 15 is 0 Å². The molecular formula is C26H23FN4O4S. The van der Waals surface area contributed by atoms with E-state index in [-0.39, 0.29) is 25.1 Å². The second kappa shape index (κ2) is 10.8. The smallest absolute Gasteiger partial charge is 0.251 e. The highest BCUT2D eigenvalue weighted by Crippen LogP contribution is 2.32. The predicted molar refractivity (Wildman–Crippen MR) is 132 cm³/mol. The normalized spacial score (nSPS) is 12.1. The third-order valence-electron chi connectivity index (χ3n) is 5.53. The van der Waals surface area contributed by atoms with E-state index in [0.29, 0.717) is 40.3 Å². The van der Waals surface area contributed by atoms with Crippen molar-refractivity contribution in [2.75, 3.05) is 13.9 Å². The molecule has 5 rings (SSSR count). The van der Waals surface area contributed by atoms with Crippen LogP contribution in [0.15, 0.2) is 71.9 Å². The highest BCUT2D eigenvalue weighted by atomic mass is 32.2. The Morgan fingerprint density at radius 1 is 1.03 bits per heavy atom. The number of nitrogens with zero attached hydrogens (tertiary/aromatic N) is 3. The number of carbonyl (C=O) groups excluding carboxylic acids is 1. The molecule has 36 heavy (non-hydrogen) atoms. The molecule has 1 amide bonds. The van der Waals surface area contributed by atoms with Crippen LogP contribution in [-0.4, -0.2) is 34.6 Å². The SMILES string of the molecule is COCc1nnc(SCc2ccc(C(=O)NCc3ccc4c(c3)OCO4)cc2)n1-c1ccc(F)cc1. The summed E-state index contributed by atoms with van der Waals surface area (Å²) in [5, 5.41) is 12.1. The molecule has 0 radical (unpaired) electrons. The summed E-state index contributed by atoms with van der Waals surface area (Å²) in [5.41, 5.74) is 3.28. The van der Waals surface area contributed by atoms with Gasteiger partial charge < -0.3 is 19.5 Å². The predicted octanol–water partition coefficient (Wildman–Crippen LogP) is 4.50. The highest BCUT2D eigenvalue weighted by molar-refractivity contribution is 7.98. The molecular weight excluding hydrogens is 483 g/mol. The number of hydrogen-bond acceptors (Lipinski definition) is 7. The zero-order chi connectivity index (χ0) is 24.9. The van der Waals surface area contributed by atoms with Crippen molar-refractivity contribution in [3.8, 4) is 17.2 Å². The Bertz CT molecular complexity index is 1360. The van der Waals surface area contributed by atoms with Gasteiger partial charge in [0.25, 0.3) is 5.91 Å². The third-order valence-corrected chi connectivity index (χ3v) is 6.53. The summed E-state index contributed by atoms with van der Waals surface area (Å²) < 4.78 is 31.2. The topological polar surface area (TPSA) is 87.5 Å². The first-order valence-corrected chi connectivity index (χ1v) is 12.2. The summed E-state index contributed by atoms with van der Waals surface area (Å²) in [6.07, 6.45) is 0. The van der Waals surface area contributed by atoms with E-state index in [4.69, 9.17) is 14.2 Å². The summed E-state index contributed by atoms with van der Waals surface area (Å²) in [4.78, 5) is 12.6. The number of thioether (sulfide) groups is 1. The molecule has 4 aromatic rings. The van der Waals surface area contributed by atoms with Crippen molar-refractivity contribution >= 4 is 17.7 Å². The minimum atomic E-state index is -0.311. The van der Waals surface area contributed by atoms with Gasteiger partial charge >= 0.3 is 0 Å². The average Bonchev–Trinajstić information content (AvgIpc) is 3.54. The lowest BCUT2D eigenvalue weighted by molar-refractivity contribution is 0.0951. The van der Waals surface area contributed by atoms with Crippen molar-refractivity contribution in [2.24, 2.45) is 0 Å². The number of nitrogens with one attached hydrogen (secondary N) is 1. The molecule has 184 valence electrons. The Kier molecular flexibility index (Phi) is 7.15. The van der Waals surface area contributed by atoms with E-state index in [2.05, 4.69) is 15.5 Å². The van der Waals surface area contributed by atoms with Crippen LogP contribution >= 0.6 is 11.8 Å². The molecule has 8 nitrogen and oxygen atoms in total. The van der Waals surface area contributed by atoms with Crippen LogP contribution in [0.3, 0.4) is 0 Å². The van der Waals surface area contributed by atoms with Crippen LogP contribution < -0.4 is 14.8 Å². The van der Waals surface area contributed by atoms with Crippen LogP contribution in [0.4, 0.5) is 4.39 Å². The summed E-state index contributed by atoms with van der Waals surface area (Å²) in [6, 6.07) is 19.2. The van der Waals surface area contributed by atoms with E-state index in [1.807, 2.05) is 34.9 Å². The van der Waals surface area contributed by atoms with Crippen molar-refractivity contribution in [2.45, 2.75) is 24.1 Å². The Labute approximate surface area is 211 Å². The molecule has 0 spiro atoms. The van der Waals surface area contributed by atoms with Crippen molar-refractivity contribution < 1.29 is 23.4 Å². The number of rotatable bonds is 9. The first-order chi connectivity index (χ1) is 17.6. The van der Waals surface area contributed by atoms with Gasteiger partial charge in [0.05, 0.1) is 0 Å². The van der Waals surface area contributed by atoms with Crippen LogP contribution in [0, 0.1) is 5.82 Å². The van der Waals surface area contributed by atoms with Gasteiger partial charge in [0.2, 0.25) is 6.79 Å². The fourth-order valence-corrected chi connectivity index (χ4v) is 4.63. The Morgan fingerprint density at radius 2 is 1.78 bits per heavy atom. The zero-order valence-electron chi connectivity index (χ0n) is 19.4. The monoisotopic (exact) mass is 506 g/mol. The maximum atomic E-state index is 13.4. The van der Waals surface area contributed by atoms with Crippen LogP contribution in [0.2, 0.25) is 0 Å². The van der Waals surface area contributed by atoms with Crippen molar-refractivity contribution in [3.05, 3.63) is 95.1 Å². The maximum absolute atomic E-state index is 13.4. The number of amides is 1. The Morgan fingerprint density at radius 3 is 2.56 bits per heavy atom. The van der Waals surface area contributed by atoms with Crippen molar-refractivity contribution in [1.29, 1.82) is 0 Å². The van der Waals surface area contributed by atoms with Crippen LogP contribution in [-0.2, 0) is 23.6 Å². The summed E-state index contributed by atoms with van der Waals surface area (Å²) in [5.74, 6) is 2.17. The molecule has 1 aliphatic rings. The van der Waals surface area contributed by atoms with Gasteiger partial charge in [-0.25, -0.2) is 4.39 Å². The molecule has 0 saturated carbocycles. The van der Waals surface area contributed by atoms with E-state index in [9.17, 15) is 9.18 Å². The van der Waals surface area contributed by atoms with Gasteiger partial charge in [-0.1, -0.05) is 30.0 Å². The number of hydrogen-bond donors (Lipinski definition) is 1. The molecule has 2 heterocycles. The molecule has 0 atom stereocenters. The number of ether oxygens (including phenoxy) is 3. The molecule has 0 saturated heterocycles. The van der Waals surface area contributed by atoms with Crippen molar-refractivity contribution in [1.82, 2.24) is 20.1 Å². The van der Waals surface area contributed by atoms with Gasteiger partial charge in [-0.05, 0) is 59.7 Å². The minimum absolute atomic E-state index is 0.160. The van der Waals surface area contributed by atoms with Crippen LogP contribution in [0.5, 0.6) is 11.5 Å².